The van der Waals surface area contributed by atoms with Crippen LogP contribution in [0.15, 0.2) is 67.0 Å². The van der Waals surface area contributed by atoms with Crippen molar-refractivity contribution in [1.82, 2.24) is 25.6 Å². The normalized spacial score (nSPS) is 17.3. The van der Waals surface area contributed by atoms with E-state index in [2.05, 4.69) is 25.6 Å². The third-order valence-corrected chi connectivity index (χ3v) is 7.75. The molecule has 0 saturated heterocycles. The number of carbonyl (C=O) groups is 2. The molecule has 1 aliphatic rings. The van der Waals surface area contributed by atoms with Gasteiger partial charge in [0.2, 0.25) is 5.91 Å². The second-order valence-corrected chi connectivity index (χ2v) is 10.5. The molecular formula is C30H35ClN8O2. The fourth-order valence-corrected chi connectivity index (χ4v) is 5.41. The van der Waals surface area contributed by atoms with Crippen molar-refractivity contribution in [3.05, 3.63) is 78.1 Å². The molecule has 1 fully saturated rings. The summed E-state index contributed by atoms with van der Waals surface area (Å²) in [4.78, 5) is 33.2. The molecule has 2 aromatic heterocycles. The number of tetrazole rings is 1. The van der Waals surface area contributed by atoms with Crippen LogP contribution < -0.4 is 16.4 Å². The van der Waals surface area contributed by atoms with Crippen molar-refractivity contribution in [2.24, 2.45) is 23.3 Å². The van der Waals surface area contributed by atoms with Crippen molar-refractivity contribution < 1.29 is 9.59 Å². The molecule has 2 aromatic carbocycles. The van der Waals surface area contributed by atoms with Gasteiger partial charge < -0.3 is 11.5 Å². The van der Waals surface area contributed by atoms with Crippen LogP contribution in [-0.4, -0.2) is 50.0 Å². The van der Waals surface area contributed by atoms with Crippen molar-refractivity contribution in [3.8, 4) is 22.5 Å². The average Bonchev–Trinajstić information content (AvgIpc) is 3.53. The van der Waals surface area contributed by atoms with Gasteiger partial charge in [-0.25, -0.2) is 10.00 Å². The summed E-state index contributed by atoms with van der Waals surface area (Å²) >= 11 is 0. The lowest BCUT2D eigenvalue weighted by Gasteiger charge is -2.32. The number of benzene rings is 2. The van der Waals surface area contributed by atoms with Crippen LogP contribution in [-0.2, 0) is 16.0 Å². The number of aromatic nitrogens is 5. The summed E-state index contributed by atoms with van der Waals surface area (Å²) < 4.78 is 0. The van der Waals surface area contributed by atoms with Crippen LogP contribution in [0.3, 0.4) is 0 Å². The minimum atomic E-state index is -0.906. The third kappa shape index (κ3) is 6.84. The highest BCUT2D eigenvalue weighted by Crippen LogP contribution is 2.32. The molecule has 4 aromatic rings. The van der Waals surface area contributed by atoms with E-state index in [9.17, 15) is 9.59 Å². The molecule has 41 heavy (non-hydrogen) atoms. The Kier molecular flexibility index (Phi) is 9.93. The van der Waals surface area contributed by atoms with Gasteiger partial charge in [0.1, 0.15) is 0 Å². The topological polar surface area (TPSA) is 157 Å². The van der Waals surface area contributed by atoms with Gasteiger partial charge in [-0.2, -0.15) is 0 Å². The molecule has 0 aliphatic heterocycles. The highest BCUT2D eigenvalue weighted by Gasteiger charge is 2.35. The van der Waals surface area contributed by atoms with E-state index in [1.54, 1.807) is 30.5 Å². The Hall–Kier alpha value is -3.99. The standard InChI is InChI=1S/C30H34N8O2.ClH/c1-19-18-33-14-13-26(19)24-4-2-3-21(15-24)16-27(32)30(40)38(29(39)23-7-5-20(17-31)6-8-23)25-11-9-22(10-12-25)28-34-36-37-35-28;/h2-4,9-15,18,20,23,27H,5-8,16-17,31-32H2,1H3,(H,34,35,36,37);1H/t20-,23-,27-;/m0./s1. The smallest absolute Gasteiger partial charge is 0.251 e. The number of nitrogens with zero attached hydrogens (tertiary/aromatic N) is 5. The molecule has 0 spiro atoms. The zero-order valence-electron chi connectivity index (χ0n) is 22.9. The Bertz CT molecular complexity index is 1450. The second kappa shape index (κ2) is 13.6. The first-order valence-electron chi connectivity index (χ1n) is 13.6. The second-order valence-electron chi connectivity index (χ2n) is 10.5. The van der Waals surface area contributed by atoms with E-state index in [4.69, 9.17) is 11.5 Å². The number of H-pyrrole nitrogens is 1. The van der Waals surface area contributed by atoms with Crippen LogP contribution in [0.1, 0.15) is 36.8 Å². The predicted octanol–water partition coefficient (Wildman–Crippen LogP) is 3.85. The van der Waals surface area contributed by atoms with Crippen LogP contribution in [0, 0.1) is 18.8 Å². The van der Waals surface area contributed by atoms with Gasteiger partial charge in [-0.1, -0.05) is 24.3 Å². The molecule has 10 nitrogen and oxygen atoms in total. The molecule has 11 heteroatoms. The lowest BCUT2D eigenvalue weighted by molar-refractivity contribution is -0.130. The number of anilines is 1. The molecule has 1 aliphatic carbocycles. The number of rotatable bonds is 8. The zero-order chi connectivity index (χ0) is 28.1. The molecule has 1 atom stereocenters. The van der Waals surface area contributed by atoms with Crippen molar-refractivity contribution >= 4 is 29.9 Å². The highest BCUT2D eigenvalue weighted by atomic mass is 35.5. The Labute approximate surface area is 245 Å². The van der Waals surface area contributed by atoms with Gasteiger partial charge in [-0.3, -0.25) is 14.6 Å². The van der Waals surface area contributed by atoms with E-state index >= 15 is 0 Å². The van der Waals surface area contributed by atoms with E-state index in [1.165, 1.54) is 4.90 Å². The van der Waals surface area contributed by atoms with E-state index in [1.807, 2.05) is 43.5 Å². The van der Waals surface area contributed by atoms with Gasteiger partial charge in [0.05, 0.1) is 11.7 Å². The van der Waals surface area contributed by atoms with Gasteiger partial charge in [0.25, 0.3) is 5.91 Å². The third-order valence-electron chi connectivity index (χ3n) is 7.75. The first-order chi connectivity index (χ1) is 19.4. The fraction of sp³-hybridized carbons (Fsp3) is 0.333. The molecule has 2 amide bonds. The number of aryl methyl sites for hydroxylation is 1. The molecule has 5 rings (SSSR count). The minimum Gasteiger partial charge on any atom is -0.330 e. The monoisotopic (exact) mass is 574 g/mol. The summed E-state index contributed by atoms with van der Waals surface area (Å²) in [6, 6.07) is 16.1. The number of hydrogen-bond donors (Lipinski definition) is 3. The maximum absolute atomic E-state index is 13.9. The fourth-order valence-electron chi connectivity index (χ4n) is 5.41. The number of nitrogens with two attached hydrogens (primary N) is 2. The molecule has 1 saturated carbocycles. The Morgan fingerprint density at radius 3 is 2.46 bits per heavy atom. The summed E-state index contributed by atoms with van der Waals surface area (Å²) in [5.41, 5.74) is 17.7. The number of hydrogen-bond acceptors (Lipinski definition) is 8. The Morgan fingerprint density at radius 2 is 1.80 bits per heavy atom. The van der Waals surface area contributed by atoms with E-state index in [-0.39, 0.29) is 24.2 Å². The van der Waals surface area contributed by atoms with Crippen LogP contribution in [0.25, 0.3) is 22.5 Å². The number of aromatic amines is 1. The molecule has 5 N–H and O–H groups in total. The van der Waals surface area contributed by atoms with Crippen LogP contribution >= 0.6 is 12.4 Å². The molecular weight excluding hydrogens is 540 g/mol. The molecule has 0 radical (unpaired) electrons. The van der Waals surface area contributed by atoms with Gasteiger partial charge in [-0.05, 0) is 115 Å². The van der Waals surface area contributed by atoms with E-state index < -0.39 is 11.9 Å². The zero-order valence-corrected chi connectivity index (χ0v) is 23.8. The Morgan fingerprint density at radius 1 is 1.05 bits per heavy atom. The first-order valence-corrected chi connectivity index (χ1v) is 13.6. The van der Waals surface area contributed by atoms with E-state index in [0.29, 0.717) is 43.2 Å². The summed E-state index contributed by atoms with van der Waals surface area (Å²) in [6.07, 6.45) is 7.04. The molecule has 214 valence electrons. The van der Waals surface area contributed by atoms with Gasteiger partial charge >= 0.3 is 0 Å². The van der Waals surface area contributed by atoms with Crippen LogP contribution in [0.2, 0.25) is 0 Å². The lowest BCUT2D eigenvalue weighted by atomic mass is 9.81. The van der Waals surface area contributed by atoms with Crippen molar-refractivity contribution in [2.45, 2.75) is 45.1 Å². The molecule has 0 unspecified atom stereocenters. The summed E-state index contributed by atoms with van der Waals surface area (Å²) in [6.45, 7) is 2.63. The van der Waals surface area contributed by atoms with E-state index in [0.717, 1.165) is 40.7 Å². The number of carbonyl (C=O) groups excluding carboxylic acids is 2. The van der Waals surface area contributed by atoms with Crippen LogP contribution in [0.5, 0.6) is 0 Å². The maximum Gasteiger partial charge on any atom is 0.251 e. The van der Waals surface area contributed by atoms with Gasteiger partial charge in [0.15, 0.2) is 5.82 Å². The highest BCUT2D eigenvalue weighted by molar-refractivity contribution is 6.17. The predicted molar refractivity (Wildman–Crippen MR) is 160 cm³/mol. The number of amides is 2. The van der Waals surface area contributed by atoms with Gasteiger partial charge in [0, 0.05) is 23.9 Å². The van der Waals surface area contributed by atoms with Gasteiger partial charge in [-0.15, -0.1) is 17.5 Å². The lowest BCUT2D eigenvalue weighted by Crippen LogP contribution is -2.50. The Balaban J connectivity index is 0.00000387. The summed E-state index contributed by atoms with van der Waals surface area (Å²) in [5.74, 6) is 0.0187. The largest absolute Gasteiger partial charge is 0.330 e. The number of pyridine rings is 1. The summed E-state index contributed by atoms with van der Waals surface area (Å²) in [5, 5.41) is 13.9. The average molecular weight is 575 g/mol. The minimum absolute atomic E-state index is 0. The quantitative estimate of drug-likeness (QED) is 0.286. The number of halogens is 1. The first kappa shape index (κ1) is 30.0. The molecule has 2 heterocycles. The van der Waals surface area contributed by atoms with Crippen molar-refractivity contribution in [2.75, 3.05) is 11.4 Å². The van der Waals surface area contributed by atoms with Crippen molar-refractivity contribution in [1.29, 1.82) is 0 Å². The maximum atomic E-state index is 13.9. The SMILES string of the molecule is Cc1cnccc1-c1cccc(C[C@H](N)C(=O)N(c2ccc(-c3nnn[nH]3)cc2)C(=O)[C@H]2CC[C@H](CN)CC2)c1.Cl. The van der Waals surface area contributed by atoms with Crippen molar-refractivity contribution in [3.63, 3.8) is 0 Å². The van der Waals surface area contributed by atoms with Crippen LogP contribution in [0.4, 0.5) is 5.69 Å². The number of nitrogens with one attached hydrogen (secondary N) is 1. The number of imide groups is 1. The summed E-state index contributed by atoms with van der Waals surface area (Å²) in [7, 11) is 0. The molecule has 0 bridgehead atoms.